The van der Waals surface area contributed by atoms with E-state index in [4.69, 9.17) is 0 Å². The van der Waals surface area contributed by atoms with Gasteiger partial charge in [0.15, 0.2) is 0 Å². The standard InChI is InChI=1S/C15H17N7O2/c23-10-6-21(12-5-13(24)18-8-17-12)3-4-22(7-10)15-11-1-2-16-14(11)19-9-20-15/h1-2,5,8-10,23H,3-4,6-7H2,(H,16,19,20)(H,17,18,24)/t10-/m0/s1. The molecule has 9 nitrogen and oxygen atoms in total. The molecule has 0 bridgehead atoms. The lowest BCUT2D eigenvalue weighted by Crippen LogP contribution is -2.34. The van der Waals surface area contributed by atoms with Crippen molar-refractivity contribution in [3.8, 4) is 0 Å². The number of anilines is 2. The lowest BCUT2D eigenvalue weighted by atomic mass is 10.3. The second-order valence-corrected chi connectivity index (χ2v) is 5.75. The molecule has 0 amide bonds. The summed E-state index contributed by atoms with van der Waals surface area (Å²) in [5.74, 6) is 1.36. The molecule has 0 aromatic carbocycles. The van der Waals surface area contributed by atoms with Gasteiger partial charge in [0.2, 0.25) is 0 Å². The van der Waals surface area contributed by atoms with Gasteiger partial charge in [0.25, 0.3) is 5.56 Å². The fourth-order valence-corrected chi connectivity index (χ4v) is 3.03. The topological polar surface area (TPSA) is 114 Å². The fraction of sp³-hybridized carbons (Fsp3) is 0.333. The SMILES string of the molecule is O=c1cc(N2CCN(c3ncnc4[nH]ccc34)C[C@@H](O)C2)nc[nH]1. The third kappa shape index (κ3) is 2.69. The predicted molar refractivity (Wildman–Crippen MR) is 89.2 cm³/mol. The summed E-state index contributed by atoms with van der Waals surface area (Å²) >= 11 is 0. The van der Waals surface area contributed by atoms with E-state index in [0.29, 0.717) is 32.0 Å². The molecular weight excluding hydrogens is 310 g/mol. The van der Waals surface area contributed by atoms with Crippen molar-refractivity contribution in [3.63, 3.8) is 0 Å². The van der Waals surface area contributed by atoms with E-state index >= 15 is 0 Å². The monoisotopic (exact) mass is 327 g/mol. The van der Waals surface area contributed by atoms with Gasteiger partial charge in [-0.3, -0.25) is 4.79 Å². The van der Waals surface area contributed by atoms with Crippen LogP contribution >= 0.6 is 0 Å². The molecule has 0 spiro atoms. The lowest BCUT2D eigenvalue weighted by molar-refractivity contribution is 0.190. The maximum atomic E-state index is 11.5. The fourth-order valence-electron chi connectivity index (χ4n) is 3.03. The zero-order chi connectivity index (χ0) is 16.5. The Kier molecular flexibility index (Phi) is 3.62. The number of nitrogens with zero attached hydrogens (tertiary/aromatic N) is 5. The minimum Gasteiger partial charge on any atom is -0.389 e. The molecule has 0 aliphatic carbocycles. The number of rotatable bonds is 2. The van der Waals surface area contributed by atoms with Crippen molar-refractivity contribution in [3.05, 3.63) is 41.3 Å². The van der Waals surface area contributed by atoms with Gasteiger partial charge < -0.3 is 24.9 Å². The average Bonchev–Trinajstić information content (AvgIpc) is 2.97. The molecule has 4 heterocycles. The number of hydrogen-bond acceptors (Lipinski definition) is 7. The smallest absolute Gasteiger partial charge is 0.252 e. The van der Waals surface area contributed by atoms with E-state index in [1.54, 1.807) is 0 Å². The minimum absolute atomic E-state index is 0.208. The van der Waals surface area contributed by atoms with Gasteiger partial charge in [0, 0.05) is 38.4 Å². The summed E-state index contributed by atoms with van der Waals surface area (Å²) in [5.41, 5.74) is 0.562. The van der Waals surface area contributed by atoms with Crippen LogP contribution in [0.5, 0.6) is 0 Å². The molecule has 3 aromatic rings. The second kappa shape index (κ2) is 5.93. The van der Waals surface area contributed by atoms with Crippen LogP contribution in [0.25, 0.3) is 11.0 Å². The number of aliphatic hydroxyl groups excluding tert-OH is 1. The molecule has 1 atom stereocenters. The van der Waals surface area contributed by atoms with E-state index < -0.39 is 6.10 Å². The van der Waals surface area contributed by atoms with Crippen LogP contribution < -0.4 is 15.4 Å². The molecule has 3 aromatic heterocycles. The second-order valence-electron chi connectivity index (χ2n) is 5.75. The van der Waals surface area contributed by atoms with E-state index in [-0.39, 0.29) is 5.56 Å². The lowest BCUT2D eigenvalue weighted by Gasteiger charge is -2.23. The summed E-state index contributed by atoms with van der Waals surface area (Å²) in [6.07, 6.45) is 4.13. The molecule has 124 valence electrons. The van der Waals surface area contributed by atoms with Crippen molar-refractivity contribution in [1.29, 1.82) is 0 Å². The molecule has 9 heteroatoms. The largest absolute Gasteiger partial charge is 0.389 e. The summed E-state index contributed by atoms with van der Waals surface area (Å²) in [4.78, 5) is 33.8. The molecule has 0 unspecified atom stereocenters. The number of aliphatic hydroxyl groups is 1. The number of aromatic nitrogens is 5. The summed E-state index contributed by atoms with van der Waals surface area (Å²) in [5, 5.41) is 11.3. The zero-order valence-corrected chi connectivity index (χ0v) is 12.9. The van der Waals surface area contributed by atoms with Crippen molar-refractivity contribution in [2.75, 3.05) is 36.0 Å². The first-order valence-corrected chi connectivity index (χ1v) is 7.71. The molecular formula is C15H17N7O2. The molecule has 1 saturated heterocycles. The molecule has 1 aliphatic rings. The highest BCUT2D eigenvalue weighted by atomic mass is 16.3. The van der Waals surface area contributed by atoms with Crippen molar-refractivity contribution in [2.45, 2.75) is 6.10 Å². The van der Waals surface area contributed by atoms with Crippen molar-refractivity contribution in [1.82, 2.24) is 24.9 Å². The molecule has 1 fully saturated rings. The highest BCUT2D eigenvalue weighted by Gasteiger charge is 2.24. The van der Waals surface area contributed by atoms with E-state index in [1.807, 2.05) is 22.1 Å². The Bertz CT molecular complexity index is 906. The van der Waals surface area contributed by atoms with Gasteiger partial charge in [-0.25, -0.2) is 15.0 Å². The number of aromatic amines is 2. The number of hydrogen-bond donors (Lipinski definition) is 3. The van der Waals surface area contributed by atoms with Crippen molar-refractivity contribution < 1.29 is 5.11 Å². The first kappa shape index (κ1) is 14.6. The maximum absolute atomic E-state index is 11.5. The Hall–Kier alpha value is -2.94. The van der Waals surface area contributed by atoms with E-state index in [2.05, 4.69) is 24.9 Å². The van der Waals surface area contributed by atoms with Gasteiger partial charge >= 0.3 is 0 Å². The Morgan fingerprint density at radius 3 is 2.83 bits per heavy atom. The molecule has 24 heavy (non-hydrogen) atoms. The summed E-state index contributed by atoms with van der Waals surface area (Å²) in [7, 11) is 0. The van der Waals surface area contributed by atoms with Crippen LogP contribution in [0.2, 0.25) is 0 Å². The van der Waals surface area contributed by atoms with Crippen LogP contribution in [0.15, 0.2) is 35.8 Å². The highest BCUT2D eigenvalue weighted by Crippen LogP contribution is 2.23. The van der Waals surface area contributed by atoms with Crippen LogP contribution in [0.3, 0.4) is 0 Å². The van der Waals surface area contributed by atoms with Gasteiger partial charge in [-0.2, -0.15) is 0 Å². The highest BCUT2D eigenvalue weighted by molar-refractivity contribution is 5.87. The van der Waals surface area contributed by atoms with Crippen LogP contribution in [0.4, 0.5) is 11.6 Å². The molecule has 4 rings (SSSR count). The summed E-state index contributed by atoms with van der Waals surface area (Å²) in [6, 6.07) is 3.37. The Morgan fingerprint density at radius 1 is 1.12 bits per heavy atom. The maximum Gasteiger partial charge on any atom is 0.252 e. The van der Waals surface area contributed by atoms with Crippen LogP contribution in [0, 0.1) is 0 Å². The van der Waals surface area contributed by atoms with Crippen molar-refractivity contribution in [2.24, 2.45) is 0 Å². The number of H-pyrrole nitrogens is 2. The number of fused-ring (bicyclic) bond motifs is 1. The third-order valence-corrected chi connectivity index (χ3v) is 4.12. The van der Waals surface area contributed by atoms with Gasteiger partial charge in [0.1, 0.15) is 23.6 Å². The summed E-state index contributed by atoms with van der Waals surface area (Å²) in [6.45, 7) is 2.15. The first-order chi connectivity index (χ1) is 11.7. The average molecular weight is 327 g/mol. The van der Waals surface area contributed by atoms with Gasteiger partial charge in [0.05, 0.1) is 17.8 Å². The van der Waals surface area contributed by atoms with Crippen LogP contribution in [-0.2, 0) is 0 Å². The number of β-amino-alcohol motifs (C(OH)–C–C–N with tert-alkyl or cyclic N) is 1. The van der Waals surface area contributed by atoms with Gasteiger partial charge in [-0.15, -0.1) is 0 Å². The number of nitrogens with one attached hydrogen (secondary N) is 2. The van der Waals surface area contributed by atoms with Gasteiger partial charge in [-0.1, -0.05) is 0 Å². The van der Waals surface area contributed by atoms with Crippen molar-refractivity contribution >= 4 is 22.7 Å². The van der Waals surface area contributed by atoms with E-state index in [0.717, 1.165) is 16.9 Å². The molecule has 3 N–H and O–H groups in total. The predicted octanol–water partition coefficient (Wildman–Crippen LogP) is -0.271. The third-order valence-electron chi connectivity index (χ3n) is 4.12. The minimum atomic E-state index is -0.586. The first-order valence-electron chi connectivity index (χ1n) is 7.71. The Labute approximate surface area is 137 Å². The molecule has 0 radical (unpaired) electrons. The Morgan fingerprint density at radius 2 is 1.96 bits per heavy atom. The summed E-state index contributed by atoms with van der Waals surface area (Å²) < 4.78 is 0. The van der Waals surface area contributed by atoms with E-state index in [1.165, 1.54) is 18.7 Å². The normalized spacial score (nSPS) is 18.8. The molecule has 1 aliphatic heterocycles. The zero-order valence-electron chi connectivity index (χ0n) is 12.9. The van der Waals surface area contributed by atoms with Crippen LogP contribution in [-0.4, -0.2) is 62.3 Å². The molecule has 0 saturated carbocycles. The van der Waals surface area contributed by atoms with Crippen LogP contribution in [0.1, 0.15) is 0 Å². The Balaban J connectivity index is 1.62. The quantitative estimate of drug-likeness (QED) is 0.593. The van der Waals surface area contributed by atoms with E-state index in [9.17, 15) is 9.90 Å². The van der Waals surface area contributed by atoms with Gasteiger partial charge in [-0.05, 0) is 6.07 Å².